The van der Waals surface area contributed by atoms with Crippen LogP contribution in [0.5, 0.6) is 0 Å². The van der Waals surface area contributed by atoms with Crippen LogP contribution in [0, 0.1) is 0 Å². The first-order valence-electron chi connectivity index (χ1n) is 8.28. The van der Waals surface area contributed by atoms with Gasteiger partial charge in [0.05, 0.1) is 13.0 Å². The van der Waals surface area contributed by atoms with E-state index in [1.54, 1.807) is 0 Å². The van der Waals surface area contributed by atoms with Gasteiger partial charge < -0.3 is 14.3 Å². The van der Waals surface area contributed by atoms with E-state index in [0.29, 0.717) is 11.7 Å². The zero-order valence-electron chi connectivity index (χ0n) is 13.6. The molecule has 2 aliphatic heterocycles. The van der Waals surface area contributed by atoms with Crippen LogP contribution in [-0.4, -0.2) is 64.0 Å². The van der Waals surface area contributed by atoms with Crippen LogP contribution in [0.3, 0.4) is 0 Å². The highest BCUT2D eigenvalue weighted by Crippen LogP contribution is 2.24. The fourth-order valence-electron chi connectivity index (χ4n) is 3.10. The zero-order chi connectivity index (χ0) is 16.5. The quantitative estimate of drug-likeness (QED) is 0.834. The van der Waals surface area contributed by atoms with Gasteiger partial charge in [0.25, 0.3) is 0 Å². The standard InChI is InChI=1S/C17H20N4O2S/c1-12-11-18-17(24-12)21-8-6-20(7-9-21)16(22)10-14-13-4-2-3-5-15(13)23-19-14/h2-5,12H,6-11H2,1H3/t12-/m1/s1. The first-order chi connectivity index (χ1) is 11.7. The number of hydrogen-bond acceptors (Lipinski definition) is 6. The highest BCUT2D eigenvalue weighted by molar-refractivity contribution is 8.14. The third-order valence-electron chi connectivity index (χ3n) is 4.46. The number of nitrogens with zero attached hydrogens (tertiary/aromatic N) is 4. The summed E-state index contributed by atoms with van der Waals surface area (Å²) in [7, 11) is 0. The maximum absolute atomic E-state index is 12.6. The van der Waals surface area contributed by atoms with E-state index in [1.165, 1.54) is 0 Å². The van der Waals surface area contributed by atoms with E-state index in [-0.39, 0.29) is 5.91 Å². The van der Waals surface area contributed by atoms with Crippen LogP contribution in [0.15, 0.2) is 33.8 Å². The number of rotatable bonds is 2. The molecule has 2 aliphatic rings. The molecule has 3 heterocycles. The number of aromatic nitrogens is 1. The Morgan fingerprint density at radius 2 is 2.08 bits per heavy atom. The van der Waals surface area contributed by atoms with Gasteiger partial charge in [0.2, 0.25) is 5.91 Å². The molecule has 7 heteroatoms. The van der Waals surface area contributed by atoms with Gasteiger partial charge in [-0.15, -0.1) is 0 Å². The normalized spacial score (nSPS) is 21.4. The van der Waals surface area contributed by atoms with Crippen molar-refractivity contribution in [3.05, 3.63) is 30.0 Å². The Balaban J connectivity index is 1.36. The molecule has 24 heavy (non-hydrogen) atoms. The average Bonchev–Trinajstić information content (AvgIpc) is 3.22. The number of thioether (sulfide) groups is 1. The predicted octanol–water partition coefficient (Wildman–Crippen LogP) is 2.01. The number of fused-ring (bicyclic) bond motifs is 1. The van der Waals surface area contributed by atoms with Crippen molar-refractivity contribution in [2.45, 2.75) is 18.6 Å². The van der Waals surface area contributed by atoms with E-state index >= 15 is 0 Å². The lowest BCUT2D eigenvalue weighted by atomic mass is 10.1. The lowest BCUT2D eigenvalue weighted by Crippen LogP contribution is -2.50. The molecule has 1 saturated heterocycles. The Hall–Kier alpha value is -2.02. The van der Waals surface area contributed by atoms with Gasteiger partial charge in [0.15, 0.2) is 10.8 Å². The van der Waals surface area contributed by atoms with Crippen LogP contribution in [0.4, 0.5) is 0 Å². The first-order valence-corrected chi connectivity index (χ1v) is 9.16. The number of aliphatic imine (C=N–C) groups is 1. The number of piperazine rings is 1. The average molecular weight is 344 g/mol. The molecule has 126 valence electrons. The van der Waals surface area contributed by atoms with E-state index in [1.807, 2.05) is 40.9 Å². The summed E-state index contributed by atoms with van der Waals surface area (Å²) >= 11 is 1.84. The number of benzene rings is 1. The Bertz CT molecular complexity index is 780. The number of hydrogen-bond donors (Lipinski definition) is 0. The van der Waals surface area contributed by atoms with E-state index in [4.69, 9.17) is 4.52 Å². The topological polar surface area (TPSA) is 61.9 Å². The van der Waals surface area contributed by atoms with Crippen molar-refractivity contribution in [3.63, 3.8) is 0 Å². The van der Waals surface area contributed by atoms with Crippen LogP contribution in [-0.2, 0) is 11.2 Å². The minimum absolute atomic E-state index is 0.114. The summed E-state index contributed by atoms with van der Waals surface area (Å²) in [4.78, 5) is 21.4. The Kier molecular flexibility index (Phi) is 4.18. The summed E-state index contributed by atoms with van der Waals surface area (Å²) in [6, 6.07) is 7.66. The third-order valence-corrected chi connectivity index (χ3v) is 5.61. The molecule has 2 aromatic rings. The van der Waals surface area contributed by atoms with Gasteiger partial charge in [0.1, 0.15) is 5.69 Å². The van der Waals surface area contributed by atoms with Gasteiger partial charge in [-0.1, -0.05) is 36.0 Å². The van der Waals surface area contributed by atoms with Crippen molar-refractivity contribution in [2.75, 3.05) is 32.7 Å². The maximum atomic E-state index is 12.6. The van der Waals surface area contributed by atoms with Crippen LogP contribution in [0.1, 0.15) is 12.6 Å². The van der Waals surface area contributed by atoms with Crippen molar-refractivity contribution < 1.29 is 9.32 Å². The number of amidine groups is 1. The summed E-state index contributed by atoms with van der Waals surface area (Å²) in [5.41, 5.74) is 1.46. The molecule has 0 unspecified atom stereocenters. The summed E-state index contributed by atoms with van der Waals surface area (Å²) in [6.07, 6.45) is 0.295. The fourth-order valence-corrected chi connectivity index (χ4v) is 4.09. The van der Waals surface area contributed by atoms with Crippen LogP contribution in [0.2, 0.25) is 0 Å². The number of para-hydroxylation sites is 1. The molecule has 6 nitrogen and oxygen atoms in total. The molecule has 4 rings (SSSR count). The van der Waals surface area contributed by atoms with Crippen molar-refractivity contribution in [1.82, 2.24) is 15.0 Å². The highest BCUT2D eigenvalue weighted by Gasteiger charge is 2.27. The second-order valence-corrected chi connectivity index (χ2v) is 7.63. The van der Waals surface area contributed by atoms with Crippen molar-refractivity contribution in [3.8, 4) is 0 Å². The Morgan fingerprint density at radius 3 is 2.83 bits per heavy atom. The predicted molar refractivity (Wildman–Crippen MR) is 95.2 cm³/mol. The summed E-state index contributed by atoms with van der Waals surface area (Å²) < 4.78 is 5.28. The number of amides is 1. The summed E-state index contributed by atoms with van der Waals surface area (Å²) in [5, 5.41) is 6.69. The number of carbonyl (C=O) groups is 1. The first kappa shape index (κ1) is 15.5. The van der Waals surface area contributed by atoms with Crippen molar-refractivity contribution >= 4 is 33.8 Å². The SMILES string of the molecule is C[C@@H]1CN=C(N2CCN(C(=O)Cc3noc4ccccc34)CC2)S1. The maximum Gasteiger partial charge on any atom is 0.228 e. The molecule has 0 bridgehead atoms. The molecular formula is C17H20N4O2S. The van der Waals surface area contributed by atoms with E-state index in [0.717, 1.165) is 54.6 Å². The second-order valence-electron chi connectivity index (χ2n) is 6.22. The van der Waals surface area contributed by atoms with Crippen LogP contribution in [0.25, 0.3) is 11.0 Å². The van der Waals surface area contributed by atoms with Crippen LogP contribution >= 0.6 is 11.8 Å². The Morgan fingerprint density at radius 1 is 1.29 bits per heavy atom. The second kappa shape index (κ2) is 6.47. The van der Waals surface area contributed by atoms with E-state index in [2.05, 4.69) is 22.0 Å². The lowest BCUT2D eigenvalue weighted by molar-refractivity contribution is -0.131. The molecule has 1 atom stereocenters. The van der Waals surface area contributed by atoms with Crippen molar-refractivity contribution in [2.24, 2.45) is 4.99 Å². The molecule has 1 aromatic heterocycles. The van der Waals surface area contributed by atoms with Gasteiger partial charge in [-0.3, -0.25) is 9.79 Å². The largest absolute Gasteiger partial charge is 0.356 e. The zero-order valence-corrected chi connectivity index (χ0v) is 14.5. The number of carbonyl (C=O) groups excluding carboxylic acids is 1. The molecule has 1 fully saturated rings. The van der Waals surface area contributed by atoms with Gasteiger partial charge in [-0.25, -0.2) is 0 Å². The Labute approximate surface area is 144 Å². The molecule has 1 amide bonds. The lowest BCUT2D eigenvalue weighted by Gasteiger charge is -2.35. The smallest absolute Gasteiger partial charge is 0.228 e. The monoisotopic (exact) mass is 344 g/mol. The molecule has 0 spiro atoms. The summed E-state index contributed by atoms with van der Waals surface area (Å²) in [5.74, 6) is 0.114. The van der Waals surface area contributed by atoms with E-state index in [9.17, 15) is 4.79 Å². The molecule has 0 saturated carbocycles. The van der Waals surface area contributed by atoms with Crippen molar-refractivity contribution in [1.29, 1.82) is 0 Å². The minimum Gasteiger partial charge on any atom is -0.356 e. The third kappa shape index (κ3) is 3.00. The minimum atomic E-state index is 0.114. The van der Waals surface area contributed by atoms with Gasteiger partial charge in [0, 0.05) is 36.8 Å². The highest BCUT2D eigenvalue weighted by atomic mass is 32.2. The van der Waals surface area contributed by atoms with E-state index < -0.39 is 0 Å². The van der Waals surface area contributed by atoms with Gasteiger partial charge in [-0.2, -0.15) is 0 Å². The van der Waals surface area contributed by atoms with Gasteiger partial charge >= 0.3 is 0 Å². The molecule has 0 aliphatic carbocycles. The molecule has 0 N–H and O–H groups in total. The van der Waals surface area contributed by atoms with Gasteiger partial charge in [-0.05, 0) is 12.1 Å². The molecule has 0 radical (unpaired) electrons. The molecular weight excluding hydrogens is 324 g/mol. The fraction of sp³-hybridized carbons (Fsp3) is 0.471. The molecule has 1 aromatic carbocycles. The summed E-state index contributed by atoms with van der Waals surface area (Å²) in [6.45, 7) is 6.28. The van der Waals surface area contributed by atoms with Crippen LogP contribution < -0.4 is 0 Å².